The van der Waals surface area contributed by atoms with E-state index in [0.717, 1.165) is 31.2 Å². The molecule has 2 saturated carbocycles. The van der Waals surface area contributed by atoms with Gasteiger partial charge in [-0.1, -0.05) is 34.1 Å². The van der Waals surface area contributed by atoms with Crippen LogP contribution in [0.2, 0.25) is 0 Å². The summed E-state index contributed by atoms with van der Waals surface area (Å²) in [5.74, 6) is 0.272. The Hall–Kier alpha value is -0.800. The van der Waals surface area contributed by atoms with Crippen molar-refractivity contribution >= 4 is 0 Å². The zero-order valence-corrected chi connectivity index (χ0v) is 15.0. The van der Waals surface area contributed by atoms with Gasteiger partial charge in [0.15, 0.2) is 0 Å². The lowest BCUT2D eigenvalue weighted by Gasteiger charge is -2.64. The van der Waals surface area contributed by atoms with Crippen LogP contribution in [-0.4, -0.2) is 21.9 Å². The van der Waals surface area contributed by atoms with E-state index in [9.17, 15) is 10.2 Å². The number of hydrogen-bond acceptors (Lipinski definition) is 3. The molecule has 130 valence electrons. The van der Waals surface area contributed by atoms with Crippen molar-refractivity contribution in [3.05, 3.63) is 24.2 Å². The van der Waals surface area contributed by atoms with E-state index in [1.165, 1.54) is 6.42 Å². The van der Waals surface area contributed by atoms with Crippen molar-refractivity contribution in [1.82, 2.24) is 0 Å². The molecule has 3 rings (SSSR count). The minimum atomic E-state index is -0.829. The molecule has 23 heavy (non-hydrogen) atoms. The smallest absolute Gasteiger partial charge is 0.0934 e. The standard InChI is InChI=1S/C20H32O3/c1-14-16(21)12-17-18(2,3)8-5-9-19(17,4)20(14,22)10-6-15-7-11-23-13-15/h7,11,13-14,16-17,21-22H,5-6,8-10,12H2,1-4H3/t14-,16+,17+,19+,20-/m1/s1. The third kappa shape index (κ3) is 2.56. The van der Waals surface area contributed by atoms with E-state index in [-0.39, 0.29) is 16.7 Å². The minimum absolute atomic E-state index is 0.0930. The fourth-order valence-electron chi connectivity index (χ4n) is 5.79. The molecule has 2 fully saturated rings. The lowest BCUT2D eigenvalue weighted by atomic mass is 9.43. The number of rotatable bonds is 3. The molecule has 3 nitrogen and oxygen atoms in total. The highest BCUT2D eigenvalue weighted by atomic mass is 16.3. The van der Waals surface area contributed by atoms with Crippen molar-refractivity contribution in [2.45, 2.75) is 77.9 Å². The number of furan rings is 1. The molecule has 1 heterocycles. The van der Waals surface area contributed by atoms with Crippen LogP contribution in [0.4, 0.5) is 0 Å². The molecule has 0 aromatic carbocycles. The van der Waals surface area contributed by atoms with Gasteiger partial charge in [0.1, 0.15) is 0 Å². The lowest BCUT2D eigenvalue weighted by molar-refractivity contribution is -0.239. The zero-order valence-electron chi connectivity index (χ0n) is 15.0. The predicted octanol–water partition coefficient (Wildman–Crippen LogP) is 4.18. The largest absolute Gasteiger partial charge is 0.472 e. The first-order valence-electron chi connectivity index (χ1n) is 9.12. The molecule has 1 aromatic heterocycles. The van der Waals surface area contributed by atoms with E-state index < -0.39 is 11.7 Å². The van der Waals surface area contributed by atoms with Crippen LogP contribution in [-0.2, 0) is 6.42 Å². The van der Waals surface area contributed by atoms with Gasteiger partial charge in [-0.3, -0.25) is 0 Å². The Kier molecular flexibility index (Phi) is 4.17. The van der Waals surface area contributed by atoms with Crippen molar-refractivity contribution in [3.63, 3.8) is 0 Å². The summed E-state index contributed by atoms with van der Waals surface area (Å²) in [6.45, 7) is 8.93. The summed E-state index contributed by atoms with van der Waals surface area (Å²) in [5, 5.41) is 22.5. The molecule has 0 aliphatic heterocycles. The van der Waals surface area contributed by atoms with E-state index in [2.05, 4.69) is 20.8 Å². The Bertz CT molecular complexity index is 535. The summed E-state index contributed by atoms with van der Waals surface area (Å²) in [4.78, 5) is 0. The Morgan fingerprint density at radius 1 is 1.26 bits per heavy atom. The first kappa shape index (κ1) is 17.0. The SMILES string of the molecule is C[C@@H]1[C@@H](O)C[C@H]2C(C)(C)CCC[C@]2(C)[C@@]1(O)CCc1ccoc1. The molecule has 3 heteroatoms. The topological polar surface area (TPSA) is 53.6 Å². The van der Waals surface area contributed by atoms with Crippen LogP contribution in [0, 0.1) is 22.7 Å². The van der Waals surface area contributed by atoms with Gasteiger partial charge < -0.3 is 14.6 Å². The number of hydrogen-bond donors (Lipinski definition) is 2. The second-order valence-corrected chi connectivity index (χ2v) is 8.96. The lowest BCUT2D eigenvalue weighted by Crippen LogP contribution is -2.65. The second-order valence-electron chi connectivity index (χ2n) is 8.96. The molecule has 0 spiro atoms. The second kappa shape index (κ2) is 5.63. The molecule has 0 amide bonds. The minimum Gasteiger partial charge on any atom is -0.472 e. The predicted molar refractivity (Wildman–Crippen MR) is 91.0 cm³/mol. The van der Waals surface area contributed by atoms with Crippen LogP contribution in [0.25, 0.3) is 0 Å². The van der Waals surface area contributed by atoms with E-state index in [0.29, 0.717) is 12.3 Å². The van der Waals surface area contributed by atoms with E-state index in [4.69, 9.17) is 4.42 Å². The third-order valence-electron chi connectivity index (χ3n) is 7.40. The Labute approximate surface area is 140 Å². The van der Waals surface area contributed by atoms with Gasteiger partial charge in [0.05, 0.1) is 24.2 Å². The molecule has 0 saturated heterocycles. The summed E-state index contributed by atoms with van der Waals surface area (Å²) in [6.07, 6.45) is 8.74. The maximum atomic E-state index is 11.8. The van der Waals surface area contributed by atoms with E-state index >= 15 is 0 Å². The van der Waals surface area contributed by atoms with Gasteiger partial charge in [0.25, 0.3) is 0 Å². The summed E-state index contributed by atoms with van der Waals surface area (Å²) in [7, 11) is 0. The first-order chi connectivity index (χ1) is 10.7. The van der Waals surface area contributed by atoms with Crippen molar-refractivity contribution < 1.29 is 14.6 Å². The van der Waals surface area contributed by atoms with Crippen molar-refractivity contribution in [3.8, 4) is 0 Å². The van der Waals surface area contributed by atoms with Crippen LogP contribution in [0.15, 0.2) is 23.0 Å². The number of aliphatic hydroxyl groups excluding tert-OH is 1. The fourth-order valence-corrected chi connectivity index (χ4v) is 5.79. The quantitative estimate of drug-likeness (QED) is 0.878. The highest BCUT2D eigenvalue weighted by Gasteiger charge is 2.63. The average Bonchev–Trinajstić information content (AvgIpc) is 2.99. The average molecular weight is 320 g/mol. The van der Waals surface area contributed by atoms with Crippen LogP contribution in [0.1, 0.15) is 65.4 Å². The fraction of sp³-hybridized carbons (Fsp3) is 0.800. The molecule has 0 bridgehead atoms. The molecule has 1 aromatic rings. The van der Waals surface area contributed by atoms with Gasteiger partial charge >= 0.3 is 0 Å². The molecule has 2 aliphatic rings. The van der Waals surface area contributed by atoms with Gasteiger partial charge in [-0.25, -0.2) is 0 Å². The maximum Gasteiger partial charge on any atom is 0.0934 e. The number of aliphatic hydroxyl groups is 2. The molecule has 2 aliphatic carbocycles. The van der Waals surface area contributed by atoms with E-state index in [1.54, 1.807) is 12.5 Å². The molecule has 2 N–H and O–H groups in total. The van der Waals surface area contributed by atoms with Crippen LogP contribution >= 0.6 is 0 Å². The van der Waals surface area contributed by atoms with Crippen LogP contribution < -0.4 is 0 Å². The van der Waals surface area contributed by atoms with Crippen molar-refractivity contribution in [2.24, 2.45) is 22.7 Å². The van der Waals surface area contributed by atoms with Gasteiger partial charge in [-0.2, -0.15) is 0 Å². The molecular formula is C20H32O3. The van der Waals surface area contributed by atoms with Gasteiger partial charge in [-0.05, 0) is 55.1 Å². The molecule has 0 unspecified atom stereocenters. The monoisotopic (exact) mass is 320 g/mol. The number of fused-ring (bicyclic) bond motifs is 1. The van der Waals surface area contributed by atoms with Crippen LogP contribution in [0.3, 0.4) is 0 Å². The van der Waals surface area contributed by atoms with Gasteiger partial charge in [0, 0.05) is 11.3 Å². The molecular weight excluding hydrogens is 288 g/mol. The molecule has 0 radical (unpaired) electrons. The van der Waals surface area contributed by atoms with Crippen molar-refractivity contribution in [1.29, 1.82) is 0 Å². The van der Waals surface area contributed by atoms with Crippen LogP contribution in [0.5, 0.6) is 0 Å². The Morgan fingerprint density at radius 2 is 2.00 bits per heavy atom. The number of aryl methyl sites for hydroxylation is 1. The summed E-state index contributed by atoms with van der Waals surface area (Å²) < 4.78 is 5.17. The third-order valence-corrected chi connectivity index (χ3v) is 7.40. The zero-order chi connectivity index (χ0) is 16.9. The Balaban J connectivity index is 1.93. The van der Waals surface area contributed by atoms with Gasteiger partial charge in [0.2, 0.25) is 0 Å². The summed E-state index contributed by atoms with van der Waals surface area (Å²) >= 11 is 0. The summed E-state index contributed by atoms with van der Waals surface area (Å²) in [6, 6.07) is 1.97. The first-order valence-corrected chi connectivity index (χ1v) is 9.12. The van der Waals surface area contributed by atoms with Gasteiger partial charge in [-0.15, -0.1) is 0 Å². The normalized spacial score (nSPS) is 43.1. The van der Waals surface area contributed by atoms with Crippen molar-refractivity contribution in [2.75, 3.05) is 0 Å². The summed E-state index contributed by atoms with van der Waals surface area (Å²) in [5.41, 5.74) is 0.347. The molecule has 5 atom stereocenters. The van der Waals surface area contributed by atoms with E-state index in [1.807, 2.05) is 13.0 Å². The highest BCUT2D eigenvalue weighted by Crippen LogP contribution is 2.63. The maximum absolute atomic E-state index is 11.8. The Morgan fingerprint density at radius 3 is 2.65 bits per heavy atom. The highest BCUT2D eigenvalue weighted by molar-refractivity contribution is 5.15.